The highest BCUT2D eigenvalue weighted by Gasteiger charge is 2.28. The van der Waals surface area contributed by atoms with Crippen LogP contribution in [0.3, 0.4) is 0 Å². The van der Waals surface area contributed by atoms with Crippen molar-refractivity contribution in [1.29, 1.82) is 0 Å². The molecule has 1 N–H and O–H groups in total. The molecule has 0 spiro atoms. The molecule has 0 unspecified atom stereocenters. The third-order valence-electron chi connectivity index (χ3n) is 4.79. The number of benzene rings is 2. The van der Waals surface area contributed by atoms with Crippen LogP contribution >= 0.6 is 11.8 Å². The summed E-state index contributed by atoms with van der Waals surface area (Å²) in [6.07, 6.45) is 0. The molecule has 0 radical (unpaired) electrons. The van der Waals surface area contributed by atoms with Crippen LogP contribution in [0.1, 0.15) is 44.4 Å². The molecule has 0 aromatic heterocycles. The molecule has 0 heterocycles. The molecule has 2 aromatic carbocycles. The Bertz CT molecular complexity index is 858. The van der Waals surface area contributed by atoms with Crippen LogP contribution in [0.15, 0.2) is 48.5 Å². The molecule has 2 aromatic rings. The number of carbonyl (C=O) groups excluding carboxylic acids is 2. The van der Waals surface area contributed by atoms with Crippen LogP contribution in [0.25, 0.3) is 0 Å². The van der Waals surface area contributed by atoms with Crippen molar-refractivity contribution in [2.75, 3.05) is 12.9 Å². The van der Waals surface area contributed by atoms with Gasteiger partial charge in [0, 0.05) is 17.8 Å². The van der Waals surface area contributed by atoms with Gasteiger partial charge in [0.15, 0.2) is 0 Å². The fraction of sp³-hybridized carbons (Fsp3) is 0.440. The van der Waals surface area contributed by atoms with Crippen LogP contribution in [0.5, 0.6) is 5.75 Å². The number of carbonyl (C=O) groups is 2. The van der Waals surface area contributed by atoms with Gasteiger partial charge >= 0.3 is 0 Å². The molecule has 168 valence electrons. The van der Waals surface area contributed by atoms with E-state index in [4.69, 9.17) is 4.74 Å². The topological polar surface area (TPSA) is 58.6 Å². The molecule has 0 aliphatic rings. The van der Waals surface area contributed by atoms with E-state index in [2.05, 4.69) is 36.5 Å². The minimum Gasteiger partial charge on any atom is -0.497 e. The number of nitrogens with one attached hydrogen (secondary N) is 1. The lowest BCUT2D eigenvalue weighted by Crippen LogP contribution is -2.52. The second-order valence-electron chi connectivity index (χ2n) is 8.76. The summed E-state index contributed by atoms with van der Waals surface area (Å²) in [5.74, 6) is 1.62. The number of aryl methyl sites for hydroxylation is 1. The van der Waals surface area contributed by atoms with E-state index in [1.54, 1.807) is 30.7 Å². The summed E-state index contributed by atoms with van der Waals surface area (Å²) >= 11 is 1.56. The second-order valence-corrected chi connectivity index (χ2v) is 9.75. The minimum atomic E-state index is -0.575. The molecule has 0 bridgehead atoms. The van der Waals surface area contributed by atoms with Crippen LogP contribution in [0.2, 0.25) is 0 Å². The van der Waals surface area contributed by atoms with Gasteiger partial charge in [-0.05, 0) is 57.9 Å². The Balaban J connectivity index is 2.09. The number of hydrogen-bond donors (Lipinski definition) is 1. The molecule has 0 fully saturated rings. The van der Waals surface area contributed by atoms with E-state index in [-0.39, 0.29) is 17.4 Å². The Labute approximate surface area is 190 Å². The van der Waals surface area contributed by atoms with E-state index in [0.29, 0.717) is 12.3 Å². The van der Waals surface area contributed by atoms with Crippen molar-refractivity contribution in [3.05, 3.63) is 65.2 Å². The summed E-state index contributed by atoms with van der Waals surface area (Å²) in [5.41, 5.74) is 2.99. The molecular weight excluding hydrogens is 408 g/mol. The van der Waals surface area contributed by atoms with Gasteiger partial charge in [0.05, 0.1) is 12.9 Å². The third-order valence-corrected chi connectivity index (χ3v) is 5.78. The quantitative estimate of drug-likeness (QED) is 0.618. The first-order valence-corrected chi connectivity index (χ1v) is 11.6. The number of amides is 2. The summed E-state index contributed by atoms with van der Waals surface area (Å²) in [7, 11) is 1.62. The van der Waals surface area contributed by atoms with Crippen LogP contribution in [-0.2, 0) is 21.9 Å². The van der Waals surface area contributed by atoms with Crippen molar-refractivity contribution in [2.24, 2.45) is 0 Å². The van der Waals surface area contributed by atoms with Gasteiger partial charge in [0.1, 0.15) is 11.8 Å². The molecule has 5 nitrogen and oxygen atoms in total. The van der Waals surface area contributed by atoms with E-state index in [0.717, 1.165) is 17.1 Å². The van der Waals surface area contributed by atoms with Crippen molar-refractivity contribution >= 4 is 23.6 Å². The predicted octanol–water partition coefficient (Wildman–Crippen LogP) is 4.57. The number of rotatable bonds is 9. The van der Waals surface area contributed by atoms with Gasteiger partial charge in [0.25, 0.3) is 0 Å². The number of nitrogens with zero attached hydrogens (tertiary/aromatic N) is 1. The highest BCUT2D eigenvalue weighted by molar-refractivity contribution is 7.99. The summed E-state index contributed by atoms with van der Waals surface area (Å²) in [5, 5.41) is 2.99. The summed E-state index contributed by atoms with van der Waals surface area (Å²) in [4.78, 5) is 27.6. The van der Waals surface area contributed by atoms with E-state index in [1.165, 1.54) is 11.1 Å². The van der Waals surface area contributed by atoms with Crippen molar-refractivity contribution < 1.29 is 14.3 Å². The third kappa shape index (κ3) is 8.29. The Morgan fingerprint density at radius 1 is 1.03 bits per heavy atom. The highest BCUT2D eigenvalue weighted by Crippen LogP contribution is 2.18. The monoisotopic (exact) mass is 442 g/mol. The van der Waals surface area contributed by atoms with Crippen molar-refractivity contribution in [3.63, 3.8) is 0 Å². The summed E-state index contributed by atoms with van der Waals surface area (Å²) < 4.78 is 5.22. The van der Waals surface area contributed by atoms with Gasteiger partial charge in [-0.1, -0.05) is 42.0 Å². The second kappa shape index (κ2) is 11.2. The molecular formula is C25H34N2O3S. The fourth-order valence-electron chi connectivity index (χ4n) is 3.01. The maximum atomic E-state index is 13.1. The lowest BCUT2D eigenvalue weighted by atomic mass is 10.1. The Hall–Kier alpha value is -2.47. The molecule has 6 heteroatoms. The number of methoxy groups -OCH3 is 1. The predicted molar refractivity (Wildman–Crippen MR) is 128 cm³/mol. The summed E-state index contributed by atoms with van der Waals surface area (Å²) in [6, 6.07) is 15.3. The fourth-order valence-corrected chi connectivity index (χ4v) is 3.88. The van der Waals surface area contributed by atoms with E-state index >= 15 is 0 Å². The zero-order valence-corrected chi connectivity index (χ0v) is 20.2. The molecule has 31 heavy (non-hydrogen) atoms. The normalized spacial score (nSPS) is 12.2. The standard InChI is InChI=1S/C25H34N2O3S/c1-18-7-9-21(10-8-18)16-31-17-23(28)27(19(2)24(29)26-25(3,4)5)15-20-11-13-22(30-6)14-12-20/h7-14,19H,15-17H2,1-6H3,(H,26,29)/t19-/m0/s1. The van der Waals surface area contributed by atoms with Crippen LogP contribution in [-0.4, -0.2) is 41.2 Å². The van der Waals surface area contributed by atoms with Gasteiger partial charge in [-0.2, -0.15) is 0 Å². The molecule has 0 aliphatic heterocycles. The zero-order valence-electron chi connectivity index (χ0n) is 19.4. The average Bonchev–Trinajstić information content (AvgIpc) is 2.72. The SMILES string of the molecule is COc1ccc(CN(C(=O)CSCc2ccc(C)cc2)[C@@H](C)C(=O)NC(C)(C)C)cc1. The maximum Gasteiger partial charge on any atom is 0.242 e. The van der Waals surface area contributed by atoms with Gasteiger partial charge in [-0.15, -0.1) is 11.8 Å². The van der Waals surface area contributed by atoms with Crippen LogP contribution in [0, 0.1) is 6.92 Å². The average molecular weight is 443 g/mol. The lowest BCUT2D eigenvalue weighted by Gasteiger charge is -2.31. The molecule has 2 rings (SSSR count). The van der Waals surface area contributed by atoms with E-state index < -0.39 is 6.04 Å². The van der Waals surface area contributed by atoms with Crippen LogP contribution in [0.4, 0.5) is 0 Å². The van der Waals surface area contributed by atoms with E-state index in [9.17, 15) is 9.59 Å². The number of thioether (sulfide) groups is 1. The van der Waals surface area contributed by atoms with Gasteiger partial charge in [-0.25, -0.2) is 0 Å². The molecule has 1 atom stereocenters. The highest BCUT2D eigenvalue weighted by atomic mass is 32.2. The largest absolute Gasteiger partial charge is 0.497 e. The van der Waals surface area contributed by atoms with E-state index in [1.807, 2.05) is 45.0 Å². The molecule has 0 saturated carbocycles. The Kier molecular flexibility index (Phi) is 8.99. The first-order valence-electron chi connectivity index (χ1n) is 10.5. The van der Waals surface area contributed by atoms with Crippen molar-refractivity contribution in [1.82, 2.24) is 10.2 Å². The van der Waals surface area contributed by atoms with Crippen molar-refractivity contribution in [3.8, 4) is 5.75 Å². The smallest absolute Gasteiger partial charge is 0.242 e. The summed E-state index contributed by atoms with van der Waals surface area (Å²) in [6.45, 7) is 10.0. The van der Waals surface area contributed by atoms with Crippen molar-refractivity contribution in [2.45, 2.75) is 58.5 Å². The number of hydrogen-bond acceptors (Lipinski definition) is 4. The van der Waals surface area contributed by atoms with Crippen LogP contribution < -0.4 is 10.1 Å². The van der Waals surface area contributed by atoms with Gasteiger partial charge in [0.2, 0.25) is 11.8 Å². The first-order chi connectivity index (χ1) is 14.6. The minimum absolute atomic E-state index is 0.0514. The Morgan fingerprint density at radius 3 is 2.16 bits per heavy atom. The molecule has 0 saturated heterocycles. The maximum absolute atomic E-state index is 13.1. The zero-order chi connectivity index (χ0) is 23.0. The van der Waals surface area contributed by atoms with Gasteiger partial charge in [-0.3, -0.25) is 9.59 Å². The lowest BCUT2D eigenvalue weighted by molar-refractivity contribution is -0.139. The van der Waals surface area contributed by atoms with Gasteiger partial charge < -0.3 is 15.0 Å². The Morgan fingerprint density at radius 2 is 1.61 bits per heavy atom. The molecule has 0 aliphatic carbocycles. The number of ether oxygens (including phenoxy) is 1. The first kappa shape index (κ1) is 24.8. The molecule has 2 amide bonds.